The summed E-state index contributed by atoms with van der Waals surface area (Å²) in [6.07, 6.45) is 2.38. The van der Waals surface area contributed by atoms with Gasteiger partial charge in [0.05, 0.1) is 17.6 Å². The highest BCUT2D eigenvalue weighted by atomic mass is 32.1. The Balaban J connectivity index is 2.80. The van der Waals surface area contributed by atoms with Crippen LogP contribution < -0.4 is 4.90 Å². The number of nitrogens with zero attached hydrogens (tertiary/aromatic N) is 2. The molecule has 4 nitrogen and oxygen atoms in total. The molecular formula is C12H22N2O2S. The van der Waals surface area contributed by atoms with Gasteiger partial charge in [0, 0.05) is 25.9 Å². The third-order valence-electron chi connectivity index (χ3n) is 2.83. The molecule has 0 fully saturated rings. The van der Waals surface area contributed by atoms with Crippen molar-refractivity contribution in [1.82, 2.24) is 4.98 Å². The zero-order valence-corrected chi connectivity index (χ0v) is 11.8. The van der Waals surface area contributed by atoms with Crippen LogP contribution in [0.1, 0.15) is 38.2 Å². The highest BCUT2D eigenvalue weighted by Gasteiger charge is 2.17. The Morgan fingerprint density at radius 2 is 2.24 bits per heavy atom. The number of ether oxygens (including phenoxy) is 1. The van der Waals surface area contributed by atoms with Gasteiger partial charge in [0.15, 0.2) is 5.13 Å². The summed E-state index contributed by atoms with van der Waals surface area (Å²) < 4.78 is 5.13. The van der Waals surface area contributed by atoms with Gasteiger partial charge in [0.1, 0.15) is 0 Å². The lowest BCUT2D eigenvalue weighted by Crippen LogP contribution is -2.35. The Morgan fingerprint density at radius 1 is 1.53 bits per heavy atom. The summed E-state index contributed by atoms with van der Waals surface area (Å²) in [5.74, 6) is 0. The van der Waals surface area contributed by atoms with Crippen LogP contribution in [0.2, 0.25) is 0 Å². The highest BCUT2D eigenvalue weighted by Crippen LogP contribution is 2.28. The normalized spacial score (nSPS) is 14.6. The number of methoxy groups -OCH3 is 1. The molecule has 0 aromatic carbocycles. The van der Waals surface area contributed by atoms with Crippen LogP contribution in [0, 0.1) is 0 Å². The van der Waals surface area contributed by atoms with E-state index >= 15 is 0 Å². The molecule has 1 aromatic heterocycles. The van der Waals surface area contributed by atoms with Crippen molar-refractivity contribution in [2.75, 3.05) is 25.2 Å². The summed E-state index contributed by atoms with van der Waals surface area (Å²) in [5, 5.41) is 10.5. The van der Waals surface area contributed by atoms with Crippen LogP contribution in [-0.4, -0.2) is 36.4 Å². The van der Waals surface area contributed by atoms with Crippen molar-refractivity contribution in [3.05, 3.63) is 11.1 Å². The second kappa shape index (κ2) is 6.93. The van der Waals surface area contributed by atoms with Crippen molar-refractivity contribution in [2.24, 2.45) is 0 Å². The van der Waals surface area contributed by atoms with Crippen molar-refractivity contribution in [3.63, 3.8) is 0 Å². The van der Waals surface area contributed by atoms with Crippen molar-refractivity contribution in [1.29, 1.82) is 0 Å². The summed E-state index contributed by atoms with van der Waals surface area (Å²) in [6.45, 7) is 7.62. The first-order chi connectivity index (χ1) is 8.10. The van der Waals surface area contributed by atoms with Crippen LogP contribution in [0.4, 0.5) is 5.13 Å². The topological polar surface area (TPSA) is 45.6 Å². The van der Waals surface area contributed by atoms with E-state index in [2.05, 4.69) is 23.7 Å². The molecule has 0 saturated carbocycles. The molecule has 0 aliphatic carbocycles. The first-order valence-corrected chi connectivity index (χ1v) is 6.81. The second-order valence-corrected chi connectivity index (χ2v) is 5.21. The molecule has 1 heterocycles. The summed E-state index contributed by atoms with van der Waals surface area (Å²) in [7, 11) is 1.71. The minimum absolute atomic E-state index is 0.429. The van der Waals surface area contributed by atoms with Crippen molar-refractivity contribution in [2.45, 2.75) is 39.3 Å². The number of hydrogen-bond donors (Lipinski definition) is 1. The molecule has 17 heavy (non-hydrogen) atoms. The lowest BCUT2D eigenvalue weighted by molar-refractivity contribution is 0.203. The number of hydrogen-bond acceptors (Lipinski definition) is 5. The van der Waals surface area contributed by atoms with Gasteiger partial charge in [-0.25, -0.2) is 4.98 Å². The van der Waals surface area contributed by atoms with E-state index in [4.69, 9.17) is 4.74 Å². The lowest BCUT2D eigenvalue weighted by atomic mass is 10.2. The molecule has 0 bridgehead atoms. The third-order valence-corrected chi connectivity index (χ3v) is 4.03. The predicted octanol–water partition coefficient (Wildman–Crippen LogP) is 2.45. The van der Waals surface area contributed by atoms with Crippen LogP contribution in [0.15, 0.2) is 6.20 Å². The number of anilines is 1. The molecule has 98 valence electrons. The molecule has 0 aliphatic heterocycles. The number of thiazole rings is 1. The Labute approximate surface area is 107 Å². The van der Waals surface area contributed by atoms with Crippen LogP contribution in [-0.2, 0) is 4.74 Å². The largest absolute Gasteiger partial charge is 0.388 e. The van der Waals surface area contributed by atoms with E-state index in [1.54, 1.807) is 31.6 Å². The molecule has 1 rings (SSSR count). The van der Waals surface area contributed by atoms with E-state index in [9.17, 15) is 5.11 Å². The van der Waals surface area contributed by atoms with Crippen molar-refractivity contribution < 1.29 is 9.84 Å². The third kappa shape index (κ3) is 3.94. The molecule has 5 heteroatoms. The van der Waals surface area contributed by atoms with Gasteiger partial charge in [0.25, 0.3) is 0 Å². The van der Waals surface area contributed by atoms with Gasteiger partial charge < -0.3 is 14.7 Å². The van der Waals surface area contributed by atoms with Crippen molar-refractivity contribution in [3.8, 4) is 0 Å². The van der Waals surface area contributed by atoms with E-state index in [1.807, 2.05) is 0 Å². The molecule has 0 amide bonds. The first kappa shape index (κ1) is 14.4. The number of aromatic nitrogens is 1. The van der Waals surface area contributed by atoms with Gasteiger partial charge in [-0.2, -0.15) is 0 Å². The Bertz CT molecular complexity index is 328. The zero-order chi connectivity index (χ0) is 12.8. The van der Waals surface area contributed by atoms with Gasteiger partial charge in [-0.15, -0.1) is 0 Å². The molecule has 1 aromatic rings. The second-order valence-electron chi connectivity index (χ2n) is 4.16. The van der Waals surface area contributed by atoms with Crippen molar-refractivity contribution >= 4 is 16.5 Å². The molecule has 0 aliphatic rings. The smallest absolute Gasteiger partial charge is 0.185 e. The summed E-state index contributed by atoms with van der Waals surface area (Å²) in [6, 6.07) is 0.429. The summed E-state index contributed by atoms with van der Waals surface area (Å²) in [5.41, 5.74) is 0. The Morgan fingerprint density at radius 3 is 2.71 bits per heavy atom. The zero-order valence-electron chi connectivity index (χ0n) is 11.0. The quantitative estimate of drug-likeness (QED) is 0.816. The van der Waals surface area contributed by atoms with Gasteiger partial charge >= 0.3 is 0 Å². The van der Waals surface area contributed by atoms with E-state index in [-0.39, 0.29) is 0 Å². The Hall–Kier alpha value is -0.650. The average molecular weight is 258 g/mol. The van der Waals surface area contributed by atoms with Crippen LogP contribution in [0.25, 0.3) is 0 Å². The maximum Gasteiger partial charge on any atom is 0.185 e. The standard InChI is InChI=1S/C12H22N2O2S/c1-5-9(2)14(6-7-16-4)12-13-8-11(17-12)10(3)15/h8-10,15H,5-7H2,1-4H3. The SMILES string of the molecule is CCC(C)N(CCOC)c1ncc(C(C)O)s1. The van der Waals surface area contributed by atoms with E-state index in [0.717, 1.165) is 23.0 Å². The molecule has 0 radical (unpaired) electrons. The highest BCUT2D eigenvalue weighted by molar-refractivity contribution is 7.15. The molecule has 0 saturated heterocycles. The fourth-order valence-electron chi connectivity index (χ4n) is 1.52. The van der Waals surface area contributed by atoms with E-state index < -0.39 is 6.10 Å². The fraction of sp³-hybridized carbons (Fsp3) is 0.750. The first-order valence-electron chi connectivity index (χ1n) is 5.99. The minimum atomic E-state index is -0.442. The van der Waals surface area contributed by atoms with Crippen LogP contribution in [0.5, 0.6) is 0 Å². The summed E-state index contributed by atoms with van der Waals surface area (Å²) in [4.78, 5) is 7.53. The van der Waals surface area contributed by atoms with Gasteiger partial charge in [-0.1, -0.05) is 18.3 Å². The maximum absolute atomic E-state index is 9.52. The number of rotatable bonds is 7. The number of aliphatic hydroxyl groups excluding tert-OH is 1. The molecule has 2 atom stereocenters. The maximum atomic E-state index is 9.52. The molecule has 2 unspecified atom stereocenters. The van der Waals surface area contributed by atoms with E-state index in [1.165, 1.54) is 0 Å². The Kier molecular flexibility index (Phi) is 5.88. The molecular weight excluding hydrogens is 236 g/mol. The lowest BCUT2D eigenvalue weighted by Gasteiger charge is -2.27. The van der Waals surface area contributed by atoms with Gasteiger partial charge in [-0.05, 0) is 20.3 Å². The van der Waals surface area contributed by atoms with Gasteiger partial charge in [0.2, 0.25) is 0 Å². The molecule has 0 spiro atoms. The van der Waals surface area contributed by atoms with Gasteiger partial charge in [-0.3, -0.25) is 0 Å². The monoisotopic (exact) mass is 258 g/mol. The average Bonchev–Trinajstić information content (AvgIpc) is 2.78. The summed E-state index contributed by atoms with van der Waals surface area (Å²) >= 11 is 1.55. The minimum Gasteiger partial charge on any atom is -0.388 e. The van der Waals surface area contributed by atoms with E-state index in [0.29, 0.717) is 12.6 Å². The van der Waals surface area contributed by atoms with Crippen LogP contribution in [0.3, 0.4) is 0 Å². The molecule has 1 N–H and O–H groups in total. The predicted molar refractivity (Wildman–Crippen MR) is 71.7 cm³/mol. The van der Waals surface area contributed by atoms with Crippen LogP contribution >= 0.6 is 11.3 Å². The fourth-order valence-corrected chi connectivity index (χ4v) is 2.50. The number of aliphatic hydroxyl groups is 1.